The maximum atomic E-state index is 10.5. The van der Waals surface area contributed by atoms with Crippen LogP contribution in [0.2, 0.25) is 2.82 Å². The number of hydrogen-bond donors (Lipinski definition) is 2. The van der Waals surface area contributed by atoms with Gasteiger partial charge in [-0.15, -0.1) is 0 Å². The summed E-state index contributed by atoms with van der Waals surface area (Å²) in [5.74, 6) is 2.95. The standard InChI is InChI=1S/C13H22N4O3S/c1-14-13(9-17(18)19)15-6-7-21-10-12-5-4-11(20-12)8-16(2)3/h4-5,9,14-15H,6-8,10H2,1-3H3/i/hD2. The van der Waals surface area contributed by atoms with Crippen molar-refractivity contribution in [1.82, 2.24) is 15.5 Å². The highest BCUT2D eigenvalue weighted by Gasteiger charge is 2.04. The van der Waals surface area contributed by atoms with Gasteiger partial charge in [0.05, 0.1) is 17.2 Å². The Kier molecular flexibility index (Phi) is 6.32. The lowest BCUT2D eigenvalue weighted by Crippen LogP contribution is -2.26. The minimum Gasteiger partial charge on any atom is -0.464 e. The van der Waals surface area contributed by atoms with Crippen molar-refractivity contribution in [1.29, 1.82) is 0 Å². The van der Waals surface area contributed by atoms with E-state index >= 15 is 0 Å². The van der Waals surface area contributed by atoms with Gasteiger partial charge >= 0.3 is 0 Å². The number of nitrogens with zero attached hydrogens (tertiary/aromatic N) is 2. The smallest absolute Gasteiger partial charge is 0.274 e. The zero-order valence-corrected chi connectivity index (χ0v) is 13.3. The molecule has 21 heavy (non-hydrogen) atoms. The largest absolute Gasteiger partial charge is 0.464 e. The first-order valence-corrected chi connectivity index (χ1v) is 7.59. The zero-order chi connectivity index (χ0) is 17.4. The fourth-order valence-corrected chi connectivity index (χ4v) is 2.28. The zero-order valence-electron chi connectivity index (χ0n) is 14.5. The Labute approximate surface area is 131 Å². The van der Waals surface area contributed by atoms with Crippen LogP contribution in [0, 0.1) is 10.1 Å². The van der Waals surface area contributed by atoms with Gasteiger partial charge in [0.1, 0.15) is 11.5 Å². The van der Waals surface area contributed by atoms with E-state index in [1.54, 1.807) is 11.8 Å². The van der Waals surface area contributed by atoms with Crippen molar-refractivity contribution in [2.45, 2.75) is 12.3 Å². The van der Waals surface area contributed by atoms with Crippen molar-refractivity contribution in [2.24, 2.45) is 0 Å². The summed E-state index contributed by atoms with van der Waals surface area (Å²) in [6.07, 6.45) is 0.657. The molecule has 1 aromatic rings. The van der Waals surface area contributed by atoms with Gasteiger partial charge in [-0.25, -0.2) is 0 Å². The lowest BCUT2D eigenvalue weighted by Gasteiger charge is -2.07. The van der Waals surface area contributed by atoms with Crippen LogP contribution in [0.4, 0.5) is 0 Å². The molecule has 0 atom stereocenters. The molecule has 0 spiro atoms. The number of furan rings is 1. The van der Waals surface area contributed by atoms with Gasteiger partial charge in [0.15, 0.2) is 8.64 Å². The van der Waals surface area contributed by atoms with Crippen LogP contribution in [0.3, 0.4) is 0 Å². The third-order valence-corrected chi connectivity index (χ3v) is 3.35. The highest BCUT2D eigenvalue weighted by atomic mass is 32.2. The van der Waals surface area contributed by atoms with Gasteiger partial charge in [-0.05, 0) is 26.2 Å². The number of rotatable bonds is 10. The molecule has 1 heterocycles. The van der Waals surface area contributed by atoms with Crippen molar-refractivity contribution >= 4 is 11.8 Å². The molecule has 118 valence electrons. The SMILES string of the molecule is [2H]N(C)C(=C[N+](=O)[O-])N([2H])CCSCc1ccc(CN(C)C)o1. The quantitative estimate of drug-likeness (QED) is 0.384. The van der Waals surface area contributed by atoms with Gasteiger partial charge in [-0.3, -0.25) is 10.1 Å². The fourth-order valence-electron chi connectivity index (χ4n) is 1.56. The van der Waals surface area contributed by atoms with E-state index in [0.29, 0.717) is 17.7 Å². The maximum Gasteiger partial charge on any atom is 0.274 e. The molecule has 8 heteroatoms. The summed E-state index contributed by atoms with van der Waals surface area (Å²) in [5.41, 5.74) is 0. The van der Waals surface area contributed by atoms with Crippen LogP contribution < -0.4 is 10.6 Å². The predicted molar refractivity (Wildman–Crippen MR) is 84.4 cm³/mol. The van der Waals surface area contributed by atoms with Gasteiger partial charge in [-0.2, -0.15) is 11.8 Å². The third kappa shape index (κ3) is 7.62. The van der Waals surface area contributed by atoms with Gasteiger partial charge < -0.3 is 19.9 Å². The van der Waals surface area contributed by atoms with Crippen LogP contribution in [0.15, 0.2) is 28.6 Å². The molecule has 0 unspecified atom stereocenters. The van der Waals surface area contributed by atoms with Crippen molar-refractivity contribution in [2.75, 3.05) is 33.4 Å². The monoisotopic (exact) mass is 316 g/mol. The van der Waals surface area contributed by atoms with Gasteiger partial charge in [0.25, 0.3) is 6.20 Å². The molecule has 0 saturated carbocycles. The van der Waals surface area contributed by atoms with Crippen molar-refractivity contribution < 1.29 is 12.2 Å². The van der Waals surface area contributed by atoms with E-state index in [4.69, 9.17) is 7.24 Å². The average Bonchev–Trinajstić information content (AvgIpc) is 2.86. The van der Waals surface area contributed by atoms with Crippen LogP contribution in [0.1, 0.15) is 11.5 Å². The molecule has 0 radical (unpaired) electrons. The van der Waals surface area contributed by atoms with E-state index in [0.717, 1.165) is 28.7 Å². The van der Waals surface area contributed by atoms with Crippen molar-refractivity contribution in [3.8, 4) is 0 Å². The molecule has 2 N–H and O–H groups in total. The Hall–Kier alpha value is -1.67. The molecular weight excluding hydrogens is 292 g/mol. The van der Waals surface area contributed by atoms with E-state index in [2.05, 4.69) is 0 Å². The Morgan fingerprint density at radius 2 is 2.29 bits per heavy atom. The molecule has 0 amide bonds. The van der Waals surface area contributed by atoms with Crippen LogP contribution >= 0.6 is 11.8 Å². The summed E-state index contributed by atoms with van der Waals surface area (Å²) in [6, 6.07) is 3.87. The molecule has 0 aromatic carbocycles. The molecule has 0 aliphatic carbocycles. The number of hydrogen-bond acceptors (Lipinski definition) is 7. The maximum absolute atomic E-state index is 10.5. The fraction of sp³-hybridized carbons (Fsp3) is 0.538. The molecule has 0 fully saturated rings. The summed E-state index contributed by atoms with van der Waals surface area (Å²) in [5, 5.41) is 12.3. The second-order valence-electron chi connectivity index (χ2n) is 4.54. The number of thioether (sulfide) groups is 1. The Morgan fingerprint density at radius 1 is 1.57 bits per heavy atom. The summed E-state index contributed by atoms with van der Waals surface area (Å²) in [4.78, 5) is 11.9. The van der Waals surface area contributed by atoms with Crippen LogP contribution in [-0.2, 0) is 12.3 Å². The lowest BCUT2D eigenvalue weighted by atomic mass is 10.4. The highest BCUT2D eigenvalue weighted by molar-refractivity contribution is 7.98. The Morgan fingerprint density at radius 3 is 2.90 bits per heavy atom. The first kappa shape index (κ1) is 14.3. The number of nitro groups is 1. The molecule has 1 aromatic heterocycles. The minimum atomic E-state index is -0.663. The van der Waals surface area contributed by atoms with Crippen LogP contribution in [0.5, 0.6) is 0 Å². The molecular formula is C13H22N4O3S. The molecule has 1 rings (SSSR count). The molecule has 7 nitrogen and oxygen atoms in total. The van der Waals surface area contributed by atoms with Gasteiger partial charge in [0.2, 0.25) is 0 Å². The first-order valence-electron chi connectivity index (χ1n) is 7.33. The molecule has 0 aliphatic rings. The minimum absolute atomic E-state index is 0.0816. The van der Waals surface area contributed by atoms with E-state index in [9.17, 15) is 10.1 Å². The topological polar surface area (TPSA) is 83.6 Å². The van der Waals surface area contributed by atoms with E-state index in [1.807, 2.05) is 31.1 Å². The Balaban J connectivity index is 2.38. The number of nitrogens with one attached hydrogen (secondary N) is 2. The van der Waals surface area contributed by atoms with E-state index in [-0.39, 0.29) is 12.4 Å². The average molecular weight is 316 g/mol. The summed E-state index contributed by atoms with van der Waals surface area (Å²) in [6.45, 7) is 1.02. The predicted octanol–water partition coefficient (Wildman–Crippen LogP) is 1.46. The first-order chi connectivity index (χ1) is 10.8. The summed E-state index contributed by atoms with van der Waals surface area (Å²) in [7, 11) is 5.29. The summed E-state index contributed by atoms with van der Waals surface area (Å²) >= 11 is 1.57. The summed E-state index contributed by atoms with van der Waals surface area (Å²) < 4.78 is 20.9. The normalized spacial score (nSPS) is 13.0. The highest BCUT2D eigenvalue weighted by Crippen LogP contribution is 2.15. The second kappa shape index (κ2) is 9.30. The van der Waals surface area contributed by atoms with Gasteiger partial charge in [-0.1, -0.05) is 0 Å². The third-order valence-electron chi connectivity index (χ3n) is 2.39. The Bertz CT molecular complexity index is 537. The molecule has 0 bridgehead atoms. The van der Waals surface area contributed by atoms with E-state index < -0.39 is 4.92 Å². The van der Waals surface area contributed by atoms with Crippen molar-refractivity contribution in [3.05, 3.63) is 45.8 Å². The van der Waals surface area contributed by atoms with Crippen LogP contribution in [0.25, 0.3) is 0 Å². The molecule has 0 saturated heterocycles. The second-order valence-corrected chi connectivity index (χ2v) is 5.64. The van der Waals surface area contributed by atoms with Gasteiger partial charge in [0, 0.05) is 19.3 Å². The lowest BCUT2D eigenvalue weighted by molar-refractivity contribution is -0.404. The van der Waals surface area contributed by atoms with E-state index in [1.165, 1.54) is 7.05 Å². The molecule has 0 aliphatic heterocycles. The van der Waals surface area contributed by atoms with Crippen molar-refractivity contribution in [3.63, 3.8) is 0 Å². The van der Waals surface area contributed by atoms with Crippen LogP contribution in [-0.4, -0.2) is 43.3 Å².